The van der Waals surface area contributed by atoms with Crippen molar-refractivity contribution in [1.82, 2.24) is 0 Å². The van der Waals surface area contributed by atoms with Crippen molar-refractivity contribution in [1.29, 1.82) is 0 Å². The molecule has 3 atom stereocenters. The minimum Gasteiger partial charge on any atom is -0.496 e. The number of rotatable bonds is 2. The van der Waals surface area contributed by atoms with Crippen molar-refractivity contribution in [3.05, 3.63) is 70.2 Å². The molecule has 0 radical (unpaired) electrons. The van der Waals surface area contributed by atoms with E-state index in [1.165, 1.54) is 16.8 Å². The van der Waals surface area contributed by atoms with Crippen LogP contribution in [0.3, 0.4) is 0 Å². The maximum absolute atomic E-state index is 5.59. The zero-order chi connectivity index (χ0) is 15.1. The van der Waals surface area contributed by atoms with Crippen LogP contribution in [0.2, 0.25) is 0 Å². The van der Waals surface area contributed by atoms with Crippen molar-refractivity contribution in [2.24, 2.45) is 5.92 Å². The van der Waals surface area contributed by atoms with Crippen LogP contribution >= 0.6 is 15.9 Å². The van der Waals surface area contributed by atoms with E-state index < -0.39 is 0 Å². The molecule has 1 heterocycles. The number of halogens is 1. The Hall–Kier alpha value is -1.74. The van der Waals surface area contributed by atoms with Crippen molar-refractivity contribution < 1.29 is 4.74 Å². The molecule has 22 heavy (non-hydrogen) atoms. The number of benzene rings is 2. The van der Waals surface area contributed by atoms with E-state index in [1.54, 1.807) is 7.11 Å². The molecule has 0 fully saturated rings. The molecule has 1 aliphatic carbocycles. The van der Waals surface area contributed by atoms with E-state index in [0.29, 0.717) is 11.8 Å². The van der Waals surface area contributed by atoms with Gasteiger partial charge in [0, 0.05) is 16.0 Å². The standard InChI is InChI=1S/C19H18BrNO/c1-22-17-11-3-2-6-15(17)18-13-8-4-7-12(13)14-9-5-10-16(20)19(14)21-18/h2-7,9-13,18,21H,8H2,1H3/t12-,13-,18+/m0/s1. The topological polar surface area (TPSA) is 21.3 Å². The fraction of sp³-hybridized carbons (Fsp3) is 0.263. The van der Waals surface area contributed by atoms with Crippen molar-refractivity contribution in [3.63, 3.8) is 0 Å². The van der Waals surface area contributed by atoms with Gasteiger partial charge >= 0.3 is 0 Å². The second-order valence-corrected chi connectivity index (χ2v) is 6.78. The van der Waals surface area contributed by atoms with Crippen LogP contribution in [0.4, 0.5) is 5.69 Å². The molecule has 2 aromatic carbocycles. The largest absolute Gasteiger partial charge is 0.496 e. The molecule has 4 rings (SSSR count). The number of fused-ring (bicyclic) bond motifs is 3. The summed E-state index contributed by atoms with van der Waals surface area (Å²) in [5, 5.41) is 3.76. The Morgan fingerprint density at radius 2 is 1.91 bits per heavy atom. The summed E-state index contributed by atoms with van der Waals surface area (Å²) in [5.41, 5.74) is 3.84. The molecular weight excluding hydrogens is 338 g/mol. The van der Waals surface area contributed by atoms with Crippen LogP contribution < -0.4 is 10.1 Å². The van der Waals surface area contributed by atoms with Gasteiger partial charge < -0.3 is 10.1 Å². The van der Waals surface area contributed by atoms with E-state index >= 15 is 0 Å². The molecule has 0 amide bonds. The van der Waals surface area contributed by atoms with Crippen LogP contribution in [0.15, 0.2) is 59.1 Å². The second-order valence-electron chi connectivity index (χ2n) is 5.92. The molecule has 2 nitrogen and oxygen atoms in total. The number of hydrogen-bond acceptors (Lipinski definition) is 2. The Morgan fingerprint density at radius 1 is 1.09 bits per heavy atom. The van der Waals surface area contributed by atoms with E-state index in [9.17, 15) is 0 Å². The maximum Gasteiger partial charge on any atom is 0.124 e. The number of para-hydroxylation sites is 2. The Labute approximate surface area is 139 Å². The molecule has 2 aromatic rings. The van der Waals surface area contributed by atoms with Crippen LogP contribution in [0, 0.1) is 5.92 Å². The minimum absolute atomic E-state index is 0.266. The highest BCUT2D eigenvalue weighted by atomic mass is 79.9. The summed E-state index contributed by atoms with van der Waals surface area (Å²) in [4.78, 5) is 0. The Morgan fingerprint density at radius 3 is 2.77 bits per heavy atom. The first kappa shape index (κ1) is 13.9. The lowest BCUT2D eigenvalue weighted by atomic mass is 9.77. The first-order valence-electron chi connectivity index (χ1n) is 7.64. The fourth-order valence-corrected chi connectivity index (χ4v) is 4.31. The van der Waals surface area contributed by atoms with Gasteiger partial charge in [-0.15, -0.1) is 0 Å². The molecule has 0 spiro atoms. The molecule has 1 aliphatic heterocycles. The van der Waals surface area contributed by atoms with E-state index in [0.717, 1.165) is 16.6 Å². The third-order valence-corrected chi connectivity index (χ3v) is 5.48. The van der Waals surface area contributed by atoms with Gasteiger partial charge in [0.15, 0.2) is 0 Å². The van der Waals surface area contributed by atoms with Gasteiger partial charge in [-0.3, -0.25) is 0 Å². The molecule has 0 aromatic heterocycles. The van der Waals surface area contributed by atoms with Gasteiger partial charge in [0.05, 0.1) is 18.8 Å². The Kier molecular flexibility index (Phi) is 3.45. The Balaban J connectivity index is 1.84. The van der Waals surface area contributed by atoms with Crippen molar-refractivity contribution in [2.75, 3.05) is 12.4 Å². The summed E-state index contributed by atoms with van der Waals surface area (Å²) in [6.45, 7) is 0. The number of allylic oxidation sites excluding steroid dienone is 2. The van der Waals surface area contributed by atoms with Gasteiger partial charge in [0.25, 0.3) is 0 Å². The average molecular weight is 356 g/mol. The second kappa shape index (κ2) is 5.47. The van der Waals surface area contributed by atoms with Crippen LogP contribution in [-0.2, 0) is 0 Å². The zero-order valence-corrected chi connectivity index (χ0v) is 14.0. The smallest absolute Gasteiger partial charge is 0.124 e. The summed E-state index contributed by atoms with van der Waals surface area (Å²) in [6.07, 6.45) is 5.78. The molecule has 2 aliphatic rings. The van der Waals surface area contributed by atoms with Gasteiger partial charge in [-0.2, -0.15) is 0 Å². The zero-order valence-electron chi connectivity index (χ0n) is 12.4. The van der Waals surface area contributed by atoms with E-state index in [-0.39, 0.29) is 6.04 Å². The number of hydrogen-bond donors (Lipinski definition) is 1. The highest BCUT2D eigenvalue weighted by Gasteiger charge is 2.39. The summed E-state index contributed by atoms with van der Waals surface area (Å²) in [5.74, 6) is 1.97. The van der Waals surface area contributed by atoms with Gasteiger partial charge in [0.2, 0.25) is 0 Å². The molecule has 3 heteroatoms. The quantitative estimate of drug-likeness (QED) is 0.739. The summed E-state index contributed by atoms with van der Waals surface area (Å²) >= 11 is 3.70. The molecular formula is C19H18BrNO. The molecule has 0 bridgehead atoms. The van der Waals surface area contributed by atoms with Gasteiger partial charge in [0.1, 0.15) is 5.75 Å². The first-order valence-corrected chi connectivity index (χ1v) is 8.43. The van der Waals surface area contributed by atoms with Crippen LogP contribution in [0.5, 0.6) is 5.75 Å². The predicted octanol–water partition coefficient (Wildman–Crippen LogP) is 5.28. The number of nitrogens with one attached hydrogen (secondary N) is 1. The molecule has 1 N–H and O–H groups in total. The van der Waals surface area contributed by atoms with Gasteiger partial charge in [-0.1, -0.05) is 42.5 Å². The number of anilines is 1. The lowest BCUT2D eigenvalue weighted by Crippen LogP contribution is -2.29. The van der Waals surface area contributed by atoms with Crippen LogP contribution in [0.1, 0.15) is 29.5 Å². The lowest BCUT2D eigenvalue weighted by molar-refractivity contribution is 0.381. The molecule has 0 saturated carbocycles. The van der Waals surface area contributed by atoms with Crippen molar-refractivity contribution >= 4 is 21.6 Å². The number of methoxy groups -OCH3 is 1. The third-order valence-electron chi connectivity index (χ3n) is 4.82. The Bertz CT molecular complexity index is 740. The highest BCUT2D eigenvalue weighted by molar-refractivity contribution is 9.10. The minimum atomic E-state index is 0.266. The van der Waals surface area contributed by atoms with Gasteiger partial charge in [-0.25, -0.2) is 0 Å². The average Bonchev–Trinajstić information content (AvgIpc) is 3.04. The lowest BCUT2D eigenvalue weighted by Gasteiger charge is -2.38. The monoisotopic (exact) mass is 355 g/mol. The molecule has 112 valence electrons. The summed E-state index contributed by atoms with van der Waals surface area (Å²) in [7, 11) is 1.75. The third kappa shape index (κ3) is 2.07. The van der Waals surface area contributed by atoms with Crippen LogP contribution in [0.25, 0.3) is 0 Å². The number of ether oxygens (including phenoxy) is 1. The summed E-state index contributed by atoms with van der Waals surface area (Å²) < 4.78 is 6.72. The van der Waals surface area contributed by atoms with E-state index in [2.05, 4.69) is 63.7 Å². The normalized spacial score (nSPS) is 25.3. The van der Waals surface area contributed by atoms with Crippen LogP contribution in [-0.4, -0.2) is 7.11 Å². The summed E-state index contributed by atoms with van der Waals surface area (Å²) in [6, 6.07) is 15.1. The first-order chi connectivity index (χ1) is 10.8. The van der Waals surface area contributed by atoms with Crippen molar-refractivity contribution in [2.45, 2.75) is 18.4 Å². The van der Waals surface area contributed by atoms with Crippen molar-refractivity contribution in [3.8, 4) is 5.75 Å². The molecule has 0 saturated heterocycles. The van der Waals surface area contributed by atoms with Gasteiger partial charge in [-0.05, 0) is 46.0 Å². The molecule has 0 unspecified atom stereocenters. The SMILES string of the molecule is COc1ccccc1[C@@H]1Nc2c(Br)cccc2[C@H]2C=CC[C@@H]21. The van der Waals surface area contributed by atoms with E-state index in [1.807, 2.05) is 12.1 Å². The fourth-order valence-electron chi connectivity index (χ4n) is 3.81. The maximum atomic E-state index is 5.59. The van der Waals surface area contributed by atoms with E-state index in [4.69, 9.17) is 4.74 Å². The highest BCUT2D eigenvalue weighted by Crippen LogP contribution is 2.52. The predicted molar refractivity (Wildman–Crippen MR) is 93.5 cm³/mol.